The molecule has 118 valence electrons. The molecule has 1 fully saturated rings. The monoisotopic (exact) mass is 306 g/mol. The van der Waals surface area contributed by atoms with Crippen LogP contribution >= 0.6 is 0 Å². The van der Waals surface area contributed by atoms with Crippen molar-refractivity contribution in [3.8, 4) is 11.5 Å². The second-order valence-corrected chi connectivity index (χ2v) is 4.55. The number of hydrogen-bond acceptors (Lipinski definition) is 4. The maximum absolute atomic E-state index is 13.1. The topological polar surface area (TPSA) is 40.2 Å². The van der Waals surface area contributed by atoms with Crippen LogP contribution in [0.5, 0.6) is 11.5 Å². The standard InChI is InChI=1S/C14H17F3O4/c1-3-19-12-6-9(4-5-11(12)18-2)13(14(15,16)17)21-8-10-7-20-10/h4-6,10,13H,3,7-8H2,1-2H3/t10-,13+/m0/s1. The predicted octanol–water partition coefficient (Wildman–Crippen LogP) is 3.11. The Labute approximate surface area is 120 Å². The summed E-state index contributed by atoms with van der Waals surface area (Å²) in [6.07, 6.45) is -6.75. The predicted molar refractivity (Wildman–Crippen MR) is 68.7 cm³/mol. The highest BCUT2D eigenvalue weighted by molar-refractivity contribution is 5.43. The van der Waals surface area contributed by atoms with Crippen LogP contribution in [0.3, 0.4) is 0 Å². The van der Waals surface area contributed by atoms with Gasteiger partial charge in [-0.25, -0.2) is 0 Å². The molecule has 0 aliphatic carbocycles. The molecule has 2 atom stereocenters. The molecule has 0 spiro atoms. The first kappa shape index (κ1) is 15.9. The molecule has 7 heteroatoms. The molecule has 1 saturated heterocycles. The Kier molecular flexibility index (Phi) is 4.95. The first-order valence-electron chi connectivity index (χ1n) is 6.56. The molecule has 0 unspecified atom stereocenters. The number of methoxy groups -OCH3 is 1. The Balaban J connectivity index is 2.22. The number of alkyl halides is 3. The van der Waals surface area contributed by atoms with Crippen molar-refractivity contribution in [1.82, 2.24) is 0 Å². The van der Waals surface area contributed by atoms with E-state index in [-0.39, 0.29) is 24.0 Å². The van der Waals surface area contributed by atoms with Crippen molar-refractivity contribution in [2.75, 3.05) is 26.9 Å². The second-order valence-electron chi connectivity index (χ2n) is 4.55. The number of benzene rings is 1. The molecule has 21 heavy (non-hydrogen) atoms. The van der Waals surface area contributed by atoms with E-state index in [9.17, 15) is 13.2 Å². The molecule has 1 aliphatic heterocycles. The smallest absolute Gasteiger partial charge is 0.418 e. The van der Waals surface area contributed by atoms with Gasteiger partial charge in [0.1, 0.15) is 6.10 Å². The van der Waals surface area contributed by atoms with Crippen molar-refractivity contribution < 1.29 is 32.1 Å². The number of ether oxygens (including phenoxy) is 4. The van der Waals surface area contributed by atoms with Crippen molar-refractivity contribution in [3.63, 3.8) is 0 Å². The molecule has 0 N–H and O–H groups in total. The van der Waals surface area contributed by atoms with E-state index in [1.807, 2.05) is 0 Å². The molecule has 1 aromatic carbocycles. The van der Waals surface area contributed by atoms with Gasteiger partial charge in [0.05, 0.1) is 26.9 Å². The Morgan fingerprint density at radius 3 is 2.57 bits per heavy atom. The van der Waals surface area contributed by atoms with E-state index < -0.39 is 12.3 Å². The summed E-state index contributed by atoms with van der Waals surface area (Å²) in [4.78, 5) is 0. The van der Waals surface area contributed by atoms with E-state index in [1.165, 1.54) is 25.3 Å². The van der Waals surface area contributed by atoms with Crippen LogP contribution in [0.25, 0.3) is 0 Å². The first-order chi connectivity index (χ1) is 9.95. The van der Waals surface area contributed by atoms with Crippen LogP contribution in [-0.4, -0.2) is 39.2 Å². The molecule has 0 amide bonds. The van der Waals surface area contributed by atoms with E-state index >= 15 is 0 Å². The zero-order chi connectivity index (χ0) is 15.5. The summed E-state index contributed by atoms with van der Waals surface area (Å²) in [5, 5.41) is 0. The summed E-state index contributed by atoms with van der Waals surface area (Å²) >= 11 is 0. The summed E-state index contributed by atoms with van der Waals surface area (Å²) in [6, 6.07) is 4.07. The van der Waals surface area contributed by atoms with Gasteiger partial charge < -0.3 is 18.9 Å². The van der Waals surface area contributed by atoms with Gasteiger partial charge in [-0.3, -0.25) is 0 Å². The lowest BCUT2D eigenvalue weighted by atomic mass is 10.1. The van der Waals surface area contributed by atoms with Crippen LogP contribution in [0.4, 0.5) is 13.2 Å². The quantitative estimate of drug-likeness (QED) is 0.726. The van der Waals surface area contributed by atoms with Gasteiger partial charge in [-0.05, 0) is 24.6 Å². The summed E-state index contributed by atoms with van der Waals surface area (Å²) < 4.78 is 59.6. The molecule has 0 bridgehead atoms. The Morgan fingerprint density at radius 1 is 1.33 bits per heavy atom. The average Bonchev–Trinajstić information content (AvgIpc) is 3.22. The molecule has 0 aromatic heterocycles. The zero-order valence-corrected chi connectivity index (χ0v) is 11.8. The minimum absolute atomic E-state index is 0.0209. The van der Waals surface area contributed by atoms with Crippen molar-refractivity contribution >= 4 is 0 Å². The van der Waals surface area contributed by atoms with E-state index in [4.69, 9.17) is 18.9 Å². The van der Waals surface area contributed by atoms with Gasteiger partial charge in [-0.15, -0.1) is 0 Å². The van der Waals surface area contributed by atoms with Crippen LogP contribution in [-0.2, 0) is 9.47 Å². The summed E-state index contributed by atoms with van der Waals surface area (Å²) in [6.45, 7) is 2.43. The highest BCUT2D eigenvalue weighted by Gasteiger charge is 2.43. The average molecular weight is 306 g/mol. The summed E-state index contributed by atoms with van der Waals surface area (Å²) in [5.74, 6) is 0.644. The van der Waals surface area contributed by atoms with Crippen LogP contribution in [0, 0.1) is 0 Å². The highest BCUT2D eigenvalue weighted by atomic mass is 19.4. The van der Waals surface area contributed by atoms with E-state index in [0.29, 0.717) is 19.0 Å². The third-order valence-electron chi connectivity index (χ3n) is 2.94. The molecule has 1 aromatic rings. The fourth-order valence-electron chi connectivity index (χ4n) is 1.87. The van der Waals surface area contributed by atoms with E-state index in [0.717, 1.165) is 0 Å². The molecule has 2 rings (SSSR count). The molecular formula is C14H17F3O4. The van der Waals surface area contributed by atoms with Gasteiger partial charge in [0, 0.05) is 0 Å². The van der Waals surface area contributed by atoms with Gasteiger partial charge in [-0.1, -0.05) is 6.07 Å². The van der Waals surface area contributed by atoms with E-state index in [2.05, 4.69) is 0 Å². The van der Waals surface area contributed by atoms with Gasteiger partial charge in [-0.2, -0.15) is 13.2 Å². The third-order valence-corrected chi connectivity index (χ3v) is 2.94. The summed E-state index contributed by atoms with van der Waals surface area (Å²) in [7, 11) is 1.43. The van der Waals surface area contributed by atoms with Crippen LogP contribution in [0.2, 0.25) is 0 Å². The Bertz CT molecular complexity index is 472. The molecule has 1 aliphatic rings. The Morgan fingerprint density at radius 2 is 2.05 bits per heavy atom. The van der Waals surface area contributed by atoms with E-state index in [1.54, 1.807) is 6.92 Å². The third kappa shape index (κ3) is 4.25. The van der Waals surface area contributed by atoms with Gasteiger partial charge in [0.25, 0.3) is 0 Å². The second kappa shape index (κ2) is 6.53. The van der Waals surface area contributed by atoms with Gasteiger partial charge >= 0.3 is 6.18 Å². The molecule has 1 heterocycles. The van der Waals surface area contributed by atoms with Crippen molar-refractivity contribution in [2.24, 2.45) is 0 Å². The normalized spacial score (nSPS) is 19.2. The minimum Gasteiger partial charge on any atom is -0.493 e. The van der Waals surface area contributed by atoms with Gasteiger partial charge in [0.2, 0.25) is 0 Å². The largest absolute Gasteiger partial charge is 0.493 e. The highest BCUT2D eigenvalue weighted by Crippen LogP contribution is 2.39. The number of epoxide rings is 1. The SMILES string of the molecule is CCOc1cc([C@@H](OC[C@@H]2CO2)C(F)(F)F)ccc1OC. The lowest BCUT2D eigenvalue weighted by molar-refractivity contribution is -0.224. The minimum atomic E-state index is -4.51. The number of rotatable bonds is 7. The van der Waals surface area contributed by atoms with Crippen LogP contribution < -0.4 is 9.47 Å². The first-order valence-corrected chi connectivity index (χ1v) is 6.56. The fourth-order valence-corrected chi connectivity index (χ4v) is 1.87. The van der Waals surface area contributed by atoms with Gasteiger partial charge in [0.15, 0.2) is 17.6 Å². The lowest BCUT2D eigenvalue weighted by Gasteiger charge is -2.22. The maximum Gasteiger partial charge on any atom is 0.418 e. The van der Waals surface area contributed by atoms with Crippen LogP contribution in [0.15, 0.2) is 18.2 Å². The lowest BCUT2D eigenvalue weighted by Crippen LogP contribution is -2.25. The Hall–Kier alpha value is -1.47. The van der Waals surface area contributed by atoms with Crippen molar-refractivity contribution in [2.45, 2.75) is 25.3 Å². The maximum atomic E-state index is 13.1. The summed E-state index contributed by atoms with van der Waals surface area (Å²) in [5.41, 5.74) is -0.0209. The molecular weight excluding hydrogens is 289 g/mol. The zero-order valence-electron chi connectivity index (χ0n) is 11.8. The van der Waals surface area contributed by atoms with Crippen molar-refractivity contribution in [1.29, 1.82) is 0 Å². The number of halogens is 3. The molecule has 4 nitrogen and oxygen atoms in total. The van der Waals surface area contributed by atoms with Crippen LogP contribution in [0.1, 0.15) is 18.6 Å². The molecule has 0 radical (unpaired) electrons. The fraction of sp³-hybridized carbons (Fsp3) is 0.571. The molecule has 0 saturated carbocycles. The number of hydrogen-bond donors (Lipinski definition) is 0. The van der Waals surface area contributed by atoms with Crippen molar-refractivity contribution in [3.05, 3.63) is 23.8 Å².